The smallest absolute Gasteiger partial charge is 0.293 e. The van der Waals surface area contributed by atoms with Crippen molar-refractivity contribution in [3.63, 3.8) is 0 Å². The fraction of sp³-hybridized carbons (Fsp3) is 0.250. The third-order valence-electron chi connectivity index (χ3n) is 5.20. The number of anilines is 1. The zero-order valence-corrected chi connectivity index (χ0v) is 17.4. The van der Waals surface area contributed by atoms with Crippen LogP contribution in [0.15, 0.2) is 60.8 Å². The Labute approximate surface area is 175 Å². The number of hydrogen-bond donors (Lipinski definition) is 0. The van der Waals surface area contributed by atoms with Gasteiger partial charge in [-0.15, -0.1) is 0 Å². The zero-order chi connectivity index (χ0) is 20.1. The molecule has 0 amide bonds. The number of hydrogen-bond acceptors (Lipinski definition) is 4. The van der Waals surface area contributed by atoms with Crippen molar-refractivity contribution in [1.82, 2.24) is 0 Å². The monoisotopic (exact) mass is 405 g/mol. The van der Waals surface area contributed by atoms with Crippen molar-refractivity contribution >= 4 is 45.4 Å². The van der Waals surface area contributed by atoms with Gasteiger partial charge in [-0.05, 0) is 36.6 Å². The Balaban J connectivity index is 1.64. The maximum Gasteiger partial charge on any atom is 0.293 e. The first-order valence-electron chi connectivity index (χ1n) is 9.96. The Kier molecular flexibility index (Phi) is 6.06. The highest BCUT2D eigenvalue weighted by Crippen LogP contribution is 2.34. The summed E-state index contributed by atoms with van der Waals surface area (Å²) in [6.45, 7) is 1.98. The molecule has 0 fully saturated rings. The molecule has 5 heteroatoms. The summed E-state index contributed by atoms with van der Waals surface area (Å²) in [5, 5.41) is 1.26. The summed E-state index contributed by atoms with van der Waals surface area (Å²) in [7, 11) is 2.08. The fourth-order valence-corrected chi connectivity index (χ4v) is 4.86. The minimum Gasteiger partial charge on any atom is -0.468 e. The lowest BCUT2D eigenvalue weighted by Crippen LogP contribution is -2.35. The van der Waals surface area contributed by atoms with E-state index >= 15 is 0 Å². The van der Waals surface area contributed by atoms with Gasteiger partial charge in [0.2, 0.25) is 5.52 Å². The fourth-order valence-electron chi connectivity index (χ4n) is 3.72. The van der Waals surface area contributed by atoms with E-state index in [4.69, 9.17) is 4.74 Å². The van der Waals surface area contributed by atoms with Gasteiger partial charge in [0.05, 0.1) is 6.61 Å². The quantitative estimate of drug-likeness (QED) is 0.299. The summed E-state index contributed by atoms with van der Waals surface area (Å²) in [6, 6.07) is 17.1. The average molecular weight is 406 g/mol. The Morgan fingerprint density at radius 3 is 2.79 bits per heavy atom. The number of carbonyl (C=O) groups excluding carboxylic acids is 1. The Hall–Kier alpha value is -2.92. The molecule has 0 radical (unpaired) electrons. The lowest BCUT2D eigenvalue weighted by molar-refractivity contribution is -0.669. The number of allylic oxidation sites excluding steroid dienone is 2. The zero-order valence-electron chi connectivity index (χ0n) is 16.6. The van der Waals surface area contributed by atoms with Gasteiger partial charge in [-0.3, -0.25) is 4.79 Å². The summed E-state index contributed by atoms with van der Waals surface area (Å²) >= 11 is 1.83. The molecule has 0 saturated heterocycles. The molecule has 0 unspecified atom stereocenters. The van der Waals surface area contributed by atoms with E-state index in [2.05, 4.69) is 83.4 Å². The van der Waals surface area contributed by atoms with Crippen LogP contribution < -0.4 is 9.47 Å². The highest BCUT2D eigenvalue weighted by molar-refractivity contribution is 7.18. The molecule has 0 atom stereocenters. The highest BCUT2D eigenvalue weighted by atomic mass is 32.1. The second-order valence-corrected chi connectivity index (χ2v) is 8.19. The van der Waals surface area contributed by atoms with Crippen LogP contribution in [-0.2, 0) is 16.1 Å². The van der Waals surface area contributed by atoms with Crippen LogP contribution in [0.25, 0.3) is 21.9 Å². The minimum absolute atomic E-state index is 0.505. The molecule has 2 heterocycles. The van der Waals surface area contributed by atoms with E-state index in [1.807, 2.05) is 11.3 Å². The number of fused-ring (bicyclic) bond motifs is 2. The number of ether oxygens (including phenoxy) is 1. The van der Waals surface area contributed by atoms with Gasteiger partial charge >= 0.3 is 0 Å². The maximum atomic E-state index is 10.3. The lowest BCUT2D eigenvalue weighted by atomic mass is 10.00. The van der Waals surface area contributed by atoms with Crippen molar-refractivity contribution in [3.05, 3.63) is 71.4 Å². The summed E-state index contributed by atoms with van der Waals surface area (Å²) in [5.74, 6) is 0. The van der Waals surface area contributed by atoms with E-state index < -0.39 is 0 Å². The van der Waals surface area contributed by atoms with Crippen molar-refractivity contribution < 1.29 is 14.1 Å². The number of benzene rings is 2. The van der Waals surface area contributed by atoms with Crippen LogP contribution in [0.4, 0.5) is 5.69 Å². The van der Waals surface area contributed by atoms with Gasteiger partial charge < -0.3 is 9.64 Å². The van der Waals surface area contributed by atoms with Gasteiger partial charge in [0.15, 0.2) is 6.54 Å². The van der Waals surface area contributed by atoms with Crippen LogP contribution in [0, 0.1) is 0 Å². The molecule has 4 rings (SSSR count). The number of unbranched alkanes of at least 4 members (excludes halogenated alkanes) is 2. The van der Waals surface area contributed by atoms with Crippen molar-refractivity contribution in [1.29, 1.82) is 0 Å². The third kappa shape index (κ3) is 4.25. The molecule has 148 valence electrons. The number of para-hydroxylation sites is 2. The number of aromatic nitrogens is 1. The van der Waals surface area contributed by atoms with Crippen LogP contribution in [-0.4, -0.2) is 20.1 Å². The molecular formula is C24H25N2O2S+. The van der Waals surface area contributed by atoms with Gasteiger partial charge in [0, 0.05) is 43.1 Å². The molecule has 3 aromatic rings. The molecule has 0 N–H and O–H groups in total. The maximum absolute atomic E-state index is 10.3. The average Bonchev–Trinajstić information content (AvgIpc) is 3.10. The molecule has 1 aromatic heterocycles. The second kappa shape index (κ2) is 9.05. The van der Waals surface area contributed by atoms with Gasteiger partial charge in [0.25, 0.3) is 11.5 Å². The number of nitrogens with zero attached hydrogens (tertiary/aromatic N) is 2. The largest absolute Gasteiger partial charge is 0.468 e. The van der Waals surface area contributed by atoms with E-state index in [1.54, 1.807) is 0 Å². The molecule has 2 aromatic carbocycles. The molecular weight excluding hydrogens is 380 g/mol. The van der Waals surface area contributed by atoms with Gasteiger partial charge in [-0.1, -0.05) is 41.7 Å². The lowest BCUT2D eigenvalue weighted by Gasteiger charge is -2.23. The first kappa shape index (κ1) is 19.4. The predicted octanol–water partition coefficient (Wildman–Crippen LogP) is 5.04. The van der Waals surface area contributed by atoms with E-state index in [0.717, 1.165) is 25.8 Å². The Morgan fingerprint density at radius 2 is 1.90 bits per heavy atom. The van der Waals surface area contributed by atoms with Crippen molar-refractivity contribution in [3.8, 4) is 0 Å². The Morgan fingerprint density at radius 1 is 1.07 bits per heavy atom. The number of aryl methyl sites for hydroxylation is 1. The number of rotatable bonds is 8. The van der Waals surface area contributed by atoms with E-state index in [-0.39, 0.29) is 0 Å². The molecule has 4 nitrogen and oxygen atoms in total. The van der Waals surface area contributed by atoms with Crippen LogP contribution in [0.1, 0.15) is 29.8 Å². The molecule has 0 saturated carbocycles. The van der Waals surface area contributed by atoms with E-state index in [1.165, 1.54) is 32.0 Å². The summed E-state index contributed by atoms with van der Waals surface area (Å²) in [4.78, 5) is 12.4. The predicted molar refractivity (Wildman–Crippen MR) is 120 cm³/mol. The van der Waals surface area contributed by atoms with Crippen molar-refractivity contribution in [2.45, 2.75) is 25.8 Å². The van der Waals surface area contributed by atoms with Gasteiger partial charge in [-0.2, -0.15) is 4.57 Å². The highest BCUT2D eigenvalue weighted by Gasteiger charge is 2.20. The topological polar surface area (TPSA) is 33.4 Å². The van der Waals surface area contributed by atoms with Crippen LogP contribution in [0.2, 0.25) is 0 Å². The molecule has 1 aliphatic heterocycles. The van der Waals surface area contributed by atoms with Gasteiger partial charge in [0.1, 0.15) is 4.70 Å². The van der Waals surface area contributed by atoms with E-state index in [9.17, 15) is 4.79 Å². The SMILES string of the molecule is CN1C=CC(=Cc2sc3ccccc3[n+]2CCCCCOC=O)c2ccccc21. The standard InChI is InChI=1S/C24H25N2O2S/c1-25-15-13-19(20-9-3-4-10-21(20)25)17-24-26(14-7-2-8-16-28-18-27)22-11-5-6-12-23(22)29-24/h3-6,9-13,15,17-18H,2,7-8,14,16H2,1H3/q+1. The number of carbonyl (C=O) groups is 1. The van der Waals surface area contributed by atoms with E-state index in [0.29, 0.717) is 13.1 Å². The van der Waals surface area contributed by atoms with Crippen LogP contribution in [0.5, 0.6) is 0 Å². The minimum atomic E-state index is 0.505. The van der Waals surface area contributed by atoms with Crippen LogP contribution in [0.3, 0.4) is 0 Å². The van der Waals surface area contributed by atoms with Crippen molar-refractivity contribution in [2.75, 3.05) is 18.6 Å². The molecule has 1 aliphatic rings. The van der Waals surface area contributed by atoms with Gasteiger partial charge in [-0.25, -0.2) is 0 Å². The molecule has 0 bridgehead atoms. The Bertz CT molecular complexity index is 1070. The second-order valence-electron chi connectivity index (χ2n) is 7.13. The molecule has 0 aliphatic carbocycles. The molecule has 29 heavy (non-hydrogen) atoms. The van der Waals surface area contributed by atoms with Crippen molar-refractivity contribution in [2.24, 2.45) is 0 Å². The summed E-state index contributed by atoms with van der Waals surface area (Å²) in [6.07, 6.45) is 9.61. The normalized spacial score (nSPS) is 14.4. The third-order valence-corrected chi connectivity index (χ3v) is 6.31. The first-order chi connectivity index (χ1) is 14.3. The van der Waals surface area contributed by atoms with Crippen LogP contribution >= 0.6 is 11.3 Å². The summed E-state index contributed by atoms with van der Waals surface area (Å²) in [5.41, 5.74) is 4.99. The number of thiazole rings is 1. The summed E-state index contributed by atoms with van der Waals surface area (Å²) < 4.78 is 8.52. The molecule has 0 spiro atoms. The first-order valence-corrected chi connectivity index (χ1v) is 10.8.